The van der Waals surface area contributed by atoms with Crippen LogP contribution < -0.4 is 10.9 Å². The summed E-state index contributed by atoms with van der Waals surface area (Å²) >= 11 is 10.1. The van der Waals surface area contributed by atoms with Crippen LogP contribution in [-0.4, -0.2) is 16.4 Å². The van der Waals surface area contributed by atoms with Crippen molar-refractivity contribution in [2.45, 2.75) is 0 Å². The largest absolute Gasteiger partial charge is 0.345 e. The molecule has 0 aromatic carbocycles. The summed E-state index contributed by atoms with van der Waals surface area (Å²) in [4.78, 5) is 24.0. The summed E-state index contributed by atoms with van der Waals surface area (Å²) in [5, 5.41) is 0. The Morgan fingerprint density at radius 2 is 2.00 bits per heavy atom. The summed E-state index contributed by atoms with van der Waals surface area (Å²) in [6.07, 6.45) is 1.75. The Bertz CT molecular complexity index is 638. The summed E-state index contributed by atoms with van der Waals surface area (Å²) in [6, 6.07) is 4.87. The predicted octanol–water partition coefficient (Wildman–Crippen LogP) is 2.58. The normalized spacial score (nSPS) is 10.3. The maximum absolute atomic E-state index is 11.8. The molecule has 2 heterocycles. The first-order valence-electron chi connectivity index (χ1n) is 5.15. The van der Waals surface area contributed by atoms with Crippen molar-refractivity contribution >= 4 is 50.7 Å². The van der Waals surface area contributed by atoms with Crippen LogP contribution in [0.3, 0.4) is 0 Å². The van der Waals surface area contributed by atoms with E-state index in [-0.39, 0.29) is 0 Å². The van der Waals surface area contributed by atoms with Crippen LogP contribution in [-0.2, 0) is 7.05 Å². The Balaban J connectivity index is 1.97. The van der Waals surface area contributed by atoms with Gasteiger partial charge >= 0.3 is 0 Å². The maximum atomic E-state index is 11.8. The van der Waals surface area contributed by atoms with Crippen molar-refractivity contribution < 1.29 is 9.59 Å². The molecule has 2 N–H and O–H groups in total. The van der Waals surface area contributed by atoms with Crippen LogP contribution in [0.1, 0.15) is 20.2 Å². The molecule has 2 aromatic rings. The zero-order valence-corrected chi connectivity index (χ0v) is 12.9. The Kier molecular flexibility index (Phi) is 4.28. The molecule has 0 aliphatic carbocycles. The zero-order chi connectivity index (χ0) is 14.0. The van der Waals surface area contributed by atoms with E-state index >= 15 is 0 Å². The molecule has 0 saturated carbocycles. The molecule has 100 valence electrons. The van der Waals surface area contributed by atoms with Gasteiger partial charge in [-0.3, -0.25) is 20.4 Å². The number of carbonyl (C=O) groups is 2. The molecule has 0 aliphatic rings. The van der Waals surface area contributed by atoms with Crippen LogP contribution in [0.15, 0.2) is 28.9 Å². The third kappa shape index (κ3) is 3.37. The molecule has 2 amide bonds. The molecule has 0 atom stereocenters. The second-order valence-corrected chi connectivity index (χ2v) is 6.30. The number of nitrogens with one attached hydrogen (secondary N) is 2. The molecule has 0 aliphatic heterocycles. The van der Waals surface area contributed by atoms with Gasteiger partial charge in [0.2, 0.25) is 0 Å². The third-order valence-corrected chi connectivity index (χ3v) is 3.95. The Hall–Kier alpha value is -1.31. The zero-order valence-electron chi connectivity index (χ0n) is 9.74. The van der Waals surface area contributed by atoms with Crippen LogP contribution in [0, 0.1) is 0 Å². The number of carbonyl (C=O) groups excluding carboxylic acids is 2. The van der Waals surface area contributed by atoms with E-state index in [1.807, 2.05) is 0 Å². The van der Waals surface area contributed by atoms with E-state index < -0.39 is 11.8 Å². The maximum Gasteiger partial charge on any atom is 0.286 e. The molecule has 0 spiro atoms. The molecule has 0 unspecified atom stereocenters. The van der Waals surface area contributed by atoms with Crippen molar-refractivity contribution in [2.24, 2.45) is 7.05 Å². The Morgan fingerprint density at radius 1 is 1.32 bits per heavy atom. The summed E-state index contributed by atoms with van der Waals surface area (Å²) < 4.78 is 2.95. The van der Waals surface area contributed by atoms with Crippen LogP contribution >= 0.6 is 38.9 Å². The lowest BCUT2D eigenvalue weighted by atomic mass is 10.4. The topological polar surface area (TPSA) is 63.1 Å². The van der Waals surface area contributed by atoms with E-state index in [0.717, 1.165) is 15.8 Å². The Morgan fingerprint density at radius 3 is 2.53 bits per heavy atom. The quantitative estimate of drug-likeness (QED) is 0.807. The second kappa shape index (κ2) is 5.77. The first kappa shape index (κ1) is 14.1. The van der Waals surface area contributed by atoms with Gasteiger partial charge < -0.3 is 4.57 Å². The standard InChI is InChI=1S/C11H9BrClN3O2S/c1-16-5-6(12)4-7(16)10(17)14-15-11(18)8-2-3-9(13)19-8/h2-5H,1H3,(H,14,17)(H,15,18). The molecule has 0 saturated heterocycles. The first-order chi connectivity index (χ1) is 8.97. The van der Waals surface area contributed by atoms with E-state index in [1.165, 1.54) is 0 Å². The lowest BCUT2D eigenvalue weighted by Crippen LogP contribution is -2.41. The predicted molar refractivity (Wildman–Crippen MR) is 77.4 cm³/mol. The van der Waals surface area contributed by atoms with Gasteiger partial charge in [-0.2, -0.15) is 0 Å². The van der Waals surface area contributed by atoms with Crippen molar-refractivity contribution in [3.63, 3.8) is 0 Å². The number of hydrazine groups is 1. The van der Waals surface area contributed by atoms with Gasteiger partial charge in [-0.05, 0) is 34.1 Å². The van der Waals surface area contributed by atoms with Crippen molar-refractivity contribution in [2.75, 3.05) is 0 Å². The highest BCUT2D eigenvalue weighted by atomic mass is 79.9. The third-order valence-electron chi connectivity index (χ3n) is 2.29. The van der Waals surface area contributed by atoms with Gasteiger partial charge in [0.1, 0.15) is 5.69 Å². The fourth-order valence-electron chi connectivity index (χ4n) is 1.43. The molecular formula is C11H9BrClN3O2S. The van der Waals surface area contributed by atoms with Crippen LogP contribution in [0.4, 0.5) is 0 Å². The molecule has 2 aromatic heterocycles. The van der Waals surface area contributed by atoms with Crippen LogP contribution in [0.5, 0.6) is 0 Å². The number of aromatic nitrogens is 1. The number of aryl methyl sites for hydroxylation is 1. The minimum atomic E-state index is -0.404. The van der Waals surface area contributed by atoms with E-state index in [4.69, 9.17) is 11.6 Å². The lowest BCUT2D eigenvalue weighted by Gasteiger charge is -2.06. The van der Waals surface area contributed by atoms with E-state index in [2.05, 4.69) is 26.8 Å². The van der Waals surface area contributed by atoms with Gasteiger partial charge in [0.15, 0.2) is 0 Å². The van der Waals surface area contributed by atoms with Gasteiger partial charge in [0.25, 0.3) is 11.8 Å². The number of amides is 2. The summed E-state index contributed by atoms with van der Waals surface area (Å²) in [6.45, 7) is 0. The number of hydrogen-bond acceptors (Lipinski definition) is 3. The van der Waals surface area contributed by atoms with Crippen molar-refractivity contribution in [3.8, 4) is 0 Å². The van der Waals surface area contributed by atoms with Gasteiger partial charge in [0.05, 0.1) is 9.21 Å². The number of rotatable bonds is 2. The van der Waals surface area contributed by atoms with E-state index in [1.54, 1.807) is 36.0 Å². The van der Waals surface area contributed by atoms with Gasteiger partial charge in [-0.15, -0.1) is 11.3 Å². The van der Waals surface area contributed by atoms with Crippen LogP contribution in [0.25, 0.3) is 0 Å². The molecule has 0 radical (unpaired) electrons. The SMILES string of the molecule is Cn1cc(Br)cc1C(=O)NNC(=O)c1ccc(Cl)s1. The molecule has 0 fully saturated rings. The van der Waals surface area contributed by atoms with Crippen LogP contribution in [0.2, 0.25) is 4.34 Å². The number of halogens is 2. The monoisotopic (exact) mass is 361 g/mol. The molecule has 2 rings (SSSR count). The van der Waals surface area contributed by atoms with Gasteiger partial charge in [-0.1, -0.05) is 11.6 Å². The number of thiophene rings is 1. The van der Waals surface area contributed by atoms with Crippen molar-refractivity contribution in [1.29, 1.82) is 0 Å². The van der Waals surface area contributed by atoms with E-state index in [0.29, 0.717) is 14.9 Å². The van der Waals surface area contributed by atoms with Gasteiger partial charge in [-0.25, -0.2) is 0 Å². The van der Waals surface area contributed by atoms with Crippen molar-refractivity contribution in [3.05, 3.63) is 43.8 Å². The highest BCUT2D eigenvalue weighted by molar-refractivity contribution is 9.10. The minimum Gasteiger partial charge on any atom is -0.345 e. The fourth-order valence-corrected chi connectivity index (χ4v) is 2.89. The highest BCUT2D eigenvalue weighted by Crippen LogP contribution is 2.20. The molecular weight excluding hydrogens is 354 g/mol. The fraction of sp³-hybridized carbons (Fsp3) is 0.0909. The average molecular weight is 363 g/mol. The lowest BCUT2D eigenvalue weighted by molar-refractivity contribution is 0.0844. The number of nitrogens with zero attached hydrogens (tertiary/aromatic N) is 1. The molecule has 5 nitrogen and oxygen atoms in total. The first-order valence-corrected chi connectivity index (χ1v) is 7.14. The smallest absolute Gasteiger partial charge is 0.286 e. The summed E-state index contributed by atoms with van der Waals surface area (Å²) in [7, 11) is 1.74. The van der Waals surface area contributed by atoms with Gasteiger partial charge in [0, 0.05) is 17.7 Å². The number of hydrogen-bond donors (Lipinski definition) is 2. The molecule has 19 heavy (non-hydrogen) atoms. The summed E-state index contributed by atoms with van der Waals surface area (Å²) in [5.41, 5.74) is 5.10. The van der Waals surface area contributed by atoms with E-state index in [9.17, 15) is 9.59 Å². The minimum absolute atomic E-state index is 0.399. The second-order valence-electron chi connectivity index (χ2n) is 3.67. The molecule has 0 bridgehead atoms. The Labute approximate surface area is 126 Å². The van der Waals surface area contributed by atoms with Crippen molar-refractivity contribution in [1.82, 2.24) is 15.4 Å². The molecule has 8 heteroatoms. The highest BCUT2D eigenvalue weighted by Gasteiger charge is 2.13. The average Bonchev–Trinajstić information content (AvgIpc) is 2.92. The summed E-state index contributed by atoms with van der Waals surface area (Å²) in [5.74, 6) is -0.803.